The first kappa shape index (κ1) is 17.6. The summed E-state index contributed by atoms with van der Waals surface area (Å²) in [6.07, 6.45) is -1.93. The summed E-state index contributed by atoms with van der Waals surface area (Å²) in [5, 5.41) is 0. The summed E-state index contributed by atoms with van der Waals surface area (Å²) < 4.78 is 49.0. The Hall–Kier alpha value is -0.485. The zero-order valence-corrected chi connectivity index (χ0v) is 12.9. The largest absolute Gasteiger partial charge is 0.490 e. The van der Waals surface area contributed by atoms with Crippen molar-refractivity contribution in [1.29, 1.82) is 0 Å². The predicted molar refractivity (Wildman–Crippen MR) is 74.3 cm³/mol. The summed E-state index contributed by atoms with van der Waals surface area (Å²) >= 11 is 0. The van der Waals surface area contributed by atoms with Crippen molar-refractivity contribution in [2.45, 2.75) is 71.8 Å². The van der Waals surface area contributed by atoms with Crippen LogP contribution in [0.3, 0.4) is 0 Å². The molecule has 0 aromatic carbocycles. The molecule has 1 aliphatic heterocycles. The van der Waals surface area contributed by atoms with E-state index < -0.39 is 19.2 Å². The molecule has 1 saturated heterocycles. The number of halogens is 3. The van der Waals surface area contributed by atoms with Crippen molar-refractivity contribution in [1.82, 2.24) is 0 Å². The lowest BCUT2D eigenvalue weighted by Crippen LogP contribution is -2.31. The van der Waals surface area contributed by atoms with Gasteiger partial charge in [0, 0.05) is 0 Å². The molecule has 0 spiro atoms. The van der Waals surface area contributed by atoms with E-state index in [0.717, 1.165) is 5.47 Å². The van der Waals surface area contributed by atoms with Gasteiger partial charge in [0.15, 0.2) is 0 Å². The van der Waals surface area contributed by atoms with Crippen molar-refractivity contribution in [3.63, 3.8) is 0 Å². The fourth-order valence-electron chi connectivity index (χ4n) is 2.28. The Morgan fingerprint density at radius 1 is 1.30 bits per heavy atom. The zero-order valence-electron chi connectivity index (χ0n) is 12.9. The Kier molecular flexibility index (Phi) is 5.73. The highest BCUT2D eigenvalue weighted by Crippen LogP contribution is 2.39. The van der Waals surface area contributed by atoms with E-state index >= 15 is 0 Å². The standard InChI is InChI=1S/C12H18BF3O2.C2H6/c1-8-11(2,3)18-13(17-8)10-6-4-9(5-7-10)12(14,15)16;1-2/h6,8-9H,4-5,7H2,1-3H3;1-2H3. The summed E-state index contributed by atoms with van der Waals surface area (Å²) in [6.45, 7) is 9.78. The molecule has 1 fully saturated rings. The molecule has 0 bridgehead atoms. The van der Waals surface area contributed by atoms with Gasteiger partial charge in [-0.2, -0.15) is 13.2 Å². The number of allylic oxidation sites excluding steroid dienone is 2. The number of hydrogen-bond acceptors (Lipinski definition) is 2. The molecule has 116 valence electrons. The van der Waals surface area contributed by atoms with E-state index in [0.29, 0.717) is 6.42 Å². The summed E-state index contributed by atoms with van der Waals surface area (Å²) in [5.41, 5.74) is 0.472. The van der Waals surface area contributed by atoms with Gasteiger partial charge in [0.2, 0.25) is 0 Å². The minimum atomic E-state index is -4.09. The molecule has 0 saturated carbocycles. The molecule has 2 atom stereocenters. The Bertz CT molecular complexity index is 353. The Labute approximate surface area is 119 Å². The van der Waals surface area contributed by atoms with Gasteiger partial charge >= 0.3 is 13.3 Å². The van der Waals surface area contributed by atoms with E-state index in [-0.39, 0.29) is 24.5 Å². The summed E-state index contributed by atoms with van der Waals surface area (Å²) in [4.78, 5) is 0. The van der Waals surface area contributed by atoms with Crippen molar-refractivity contribution in [3.05, 3.63) is 11.5 Å². The van der Waals surface area contributed by atoms with Crippen LogP contribution < -0.4 is 0 Å². The molecule has 0 aromatic rings. The van der Waals surface area contributed by atoms with Crippen LogP contribution in [0.4, 0.5) is 13.2 Å². The quantitative estimate of drug-likeness (QED) is 0.660. The lowest BCUT2D eigenvalue weighted by molar-refractivity contribution is -0.176. The van der Waals surface area contributed by atoms with Gasteiger partial charge in [0.25, 0.3) is 0 Å². The fraction of sp³-hybridized carbons (Fsp3) is 0.857. The second kappa shape index (κ2) is 6.52. The normalized spacial score (nSPS) is 29.6. The third-order valence-electron chi connectivity index (χ3n) is 3.93. The minimum absolute atomic E-state index is 0.0386. The molecule has 0 aromatic heterocycles. The molecular formula is C14H24BF3O2. The summed E-state index contributed by atoms with van der Waals surface area (Å²) in [6, 6.07) is 0. The van der Waals surface area contributed by atoms with Crippen molar-refractivity contribution in [2.75, 3.05) is 0 Å². The summed E-state index contributed by atoms with van der Waals surface area (Å²) in [5.74, 6) is -1.21. The average molecular weight is 292 g/mol. The number of alkyl halides is 3. The van der Waals surface area contributed by atoms with Crippen LogP contribution in [0, 0.1) is 5.92 Å². The van der Waals surface area contributed by atoms with Gasteiger partial charge < -0.3 is 9.31 Å². The van der Waals surface area contributed by atoms with E-state index in [1.54, 1.807) is 6.08 Å². The number of rotatable bonds is 1. The highest BCUT2D eigenvalue weighted by molar-refractivity contribution is 6.54. The minimum Gasteiger partial charge on any atom is -0.402 e. The molecule has 0 amide bonds. The van der Waals surface area contributed by atoms with Gasteiger partial charge in [0.05, 0.1) is 17.6 Å². The molecule has 1 heterocycles. The Morgan fingerprint density at radius 2 is 1.90 bits per heavy atom. The van der Waals surface area contributed by atoms with Gasteiger partial charge in [0.1, 0.15) is 0 Å². The van der Waals surface area contributed by atoms with Crippen LogP contribution in [-0.2, 0) is 9.31 Å². The third kappa shape index (κ3) is 4.01. The highest BCUT2D eigenvalue weighted by atomic mass is 19.4. The molecule has 2 rings (SSSR count). The molecule has 1 aliphatic carbocycles. The second-order valence-corrected chi connectivity index (χ2v) is 5.62. The highest BCUT2D eigenvalue weighted by Gasteiger charge is 2.47. The van der Waals surface area contributed by atoms with Crippen LogP contribution in [0.15, 0.2) is 11.5 Å². The Balaban J connectivity index is 0.000000956. The average Bonchev–Trinajstić information content (AvgIpc) is 2.65. The summed E-state index contributed by atoms with van der Waals surface area (Å²) in [7, 11) is -0.468. The van der Waals surface area contributed by atoms with Crippen LogP contribution >= 0.6 is 0 Å². The molecule has 2 aliphatic rings. The monoisotopic (exact) mass is 292 g/mol. The molecule has 6 heteroatoms. The maximum Gasteiger partial charge on any atom is 0.490 e. The molecule has 0 N–H and O–H groups in total. The van der Waals surface area contributed by atoms with Crippen molar-refractivity contribution >= 4 is 7.12 Å². The van der Waals surface area contributed by atoms with E-state index in [2.05, 4.69) is 0 Å². The van der Waals surface area contributed by atoms with E-state index in [9.17, 15) is 13.2 Å². The third-order valence-corrected chi connectivity index (χ3v) is 3.93. The Morgan fingerprint density at radius 3 is 2.25 bits per heavy atom. The van der Waals surface area contributed by atoms with Gasteiger partial charge in [-0.15, -0.1) is 0 Å². The van der Waals surface area contributed by atoms with E-state index in [1.807, 2.05) is 34.6 Å². The van der Waals surface area contributed by atoms with Gasteiger partial charge in [-0.05, 0) is 45.5 Å². The van der Waals surface area contributed by atoms with Crippen molar-refractivity contribution < 1.29 is 22.5 Å². The van der Waals surface area contributed by atoms with Gasteiger partial charge in [-0.25, -0.2) is 0 Å². The topological polar surface area (TPSA) is 18.5 Å². The molecule has 2 unspecified atom stereocenters. The first-order valence-corrected chi connectivity index (χ1v) is 7.29. The predicted octanol–water partition coefficient (Wildman–Crippen LogP) is 4.54. The number of hydrogen-bond donors (Lipinski definition) is 0. The van der Waals surface area contributed by atoms with Crippen molar-refractivity contribution in [3.8, 4) is 0 Å². The van der Waals surface area contributed by atoms with Crippen LogP contribution in [0.25, 0.3) is 0 Å². The molecule has 0 radical (unpaired) electrons. The lowest BCUT2D eigenvalue weighted by atomic mass is 9.70. The van der Waals surface area contributed by atoms with Crippen LogP contribution in [0.1, 0.15) is 53.9 Å². The SMILES string of the molecule is CC.CC1OB(C2=CCC(C(F)(F)F)CC2)OC1(C)C. The maximum atomic E-state index is 12.5. The molecule has 2 nitrogen and oxygen atoms in total. The lowest BCUT2D eigenvalue weighted by Gasteiger charge is -2.25. The zero-order chi connectivity index (χ0) is 15.6. The van der Waals surface area contributed by atoms with Crippen LogP contribution in [-0.4, -0.2) is 25.0 Å². The van der Waals surface area contributed by atoms with Gasteiger partial charge in [-0.3, -0.25) is 0 Å². The van der Waals surface area contributed by atoms with E-state index in [4.69, 9.17) is 9.31 Å². The smallest absolute Gasteiger partial charge is 0.402 e. The maximum absolute atomic E-state index is 12.5. The first-order valence-electron chi connectivity index (χ1n) is 7.29. The second-order valence-electron chi connectivity index (χ2n) is 5.62. The molecule has 20 heavy (non-hydrogen) atoms. The van der Waals surface area contributed by atoms with Gasteiger partial charge in [-0.1, -0.05) is 19.9 Å². The molecular weight excluding hydrogens is 268 g/mol. The van der Waals surface area contributed by atoms with Crippen LogP contribution in [0.2, 0.25) is 0 Å². The van der Waals surface area contributed by atoms with Crippen LogP contribution in [0.5, 0.6) is 0 Å². The first-order chi connectivity index (χ1) is 9.20. The van der Waals surface area contributed by atoms with Crippen molar-refractivity contribution in [2.24, 2.45) is 5.92 Å². The van der Waals surface area contributed by atoms with E-state index in [1.165, 1.54) is 0 Å². The fourth-order valence-corrected chi connectivity index (χ4v) is 2.28.